The molecule has 5 heteroatoms. The van der Waals surface area contributed by atoms with Crippen LogP contribution in [0.5, 0.6) is 0 Å². The highest BCUT2D eigenvalue weighted by Crippen LogP contribution is 2.25. The maximum absolute atomic E-state index is 13.6. The zero-order valence-corrected chi connectivity index (χ0v) is 11.9. The monoisotopic (exact) mass is 306 g/mol. The average molecular weight is 306 g/mol. The number of halogens is 1. The highest BCUT2D eigenvalue weighted by atomic mass is 19.1. The minimum Gasteiger partial charge on any atom is -0.351 e. The lowest BCUT2D eigenvalue weighted by Crippen LogP contribution is -2.12. The van der Waals surface area contributed by atoms with E-state index < -0.39 is 5.82 Å². The fourth-order valence-electron chi connectivity index (χ4n) is 2.53. The first-order chi connectivity index (χ1) is 11.2. The molecule has 0 aliphatic rings. The smallest absolute Gasteiger partial charge is 0.256 e. The van der Waals surface area contributed by atoms with Gasteiger partial charge in [-0.15, -0.1) is 0 Å². The number of carbonyl (C=O) groups excluding carboxylic acids is 1. The fraction of sp³-hybridized carbons (Fsp3) is 0. The third-order valence-electron chi connectivity index (χ3n) is 3.69. The zero-order chi connectivity index (χ0) is 15.8. The molecule has 112 valence electrons. The van der Waals surface area contributed by atoms with Gasteiger partial charge in [0.1, 0.15) is 0 Å². The highest BCUT2D eigenvalue weighted by Gasteiger charge is 2.15. The molecule has 23 heavy (non-hydrogen) atoms. The number of aromatic nitrogens is 1. The SMILES string of the molecule is O=C(Nc1noc2c(F)cccc12)c1ccc2ccccc2c1. The van der Waals surface area contributed by atoms with Crippen molar-refractivity contribution in [2.24, 2.45) is 0 Å². The first-order valence-corrected chi connectivity index (χ1v) is 7.06. The van der Waals surface area contributed by atoms with E-state index in [4.69, 9.17) is 4.52 Å². The van der Waals surface area contributed by atoms with Crippen LogP contribution in [0.4, 0.5) is 10.2 Å². The summed E-state index contributed by atoms with van der Waals surface area (Å²) in [5, 5.41) is 8.85. The van der Waals surface area contributed by atoms with Crippen molar-refractivity contribution in [3.63, 3.8) is 0 Å². The molecule has 0 fully saturated rings. The third-order valence-corrected chi connectivity index (χ3v) is 3.69. The lowest BCUT2D eigenvalue weighted by molar-refractivity contribution is 0.102. The summed E-state index contributed by atoms with van der Waals surface area (Å²) in [6.45, 7) is 0. The normalized spacial score (nSPS) is 11.0. The Morgan fingerprint density at radius 3 is 2.70 bits per heavy atom. The maximum Gasteiger partial charge on any atom is 0.256 e. The molecule has 0 saturated carbocycles. The van der Waals surface area contributed by atoms with E-state index in [1.54, 1.807) is 24.3 Å². The number of amides is 1. The molecule has 1 amide bonds. The molecule has 1 N–H and O–H groups in total. The number of nitrogens with one attached hydrogen (secondary N) is 1. The Labute approximate surface area is 130 Å². The summed E-state index contributed by atoms with van der Waals surface area (Å²) in [4.78, 5) is 12.4. The van der Waals surface area contributed by atoms with Gasteiger partial charge < -0.3 is 9.84 Å². The van der Waals surface area contributed by atoms with Crippen LogP contribution < -0.4 is 5.32 Å². The van der Waals surface area contributed by atoms with E-state index in [1.165, 1.54) is 6.07 Å². The van der Waals surface area contributed by atoms with Crippen LogP contribution in [-0.2, 0) is 0 Å². The first kappa shape index (κ1) is 13.5. The molecule has 3 aromatic carbocycles. The molecular formula is C18H11FN2O2. The summed E-state index contributed by atoms with van der Waals surface area (Å²) in [5.74, 6) is -0.630. The predicted molar refractivity (Wildman–Crippen MR) is 85.9 cm³/mol. The second kappa shape index (κ2) is 5.21. The lowest BCUT2D eigenvalue weighted by atomic mass is 10.1. The molecule has 0 aliphatic carbocycles. The van der Waals surface area contributed by atoms with Crippen LogP contribution >= 0.6 is 0 Å². The van der Waals surface area contributed by atoms with Gasteiger partial charge in [0, 0.05) is 5.56 Å². The van der Waals surface area contributed by atoms with E-state index in [1.807, 2.05) is 30.3 Å². The molecule has 0 unspecified atom stereocenters. The van der Waals surface area contributed by atoms with Gasteiger partial charge in [-0.1, -0.05) is 41.6 Å². The van der Waals surface area contributed by atoms with Gasteiger partial charge in [-0.05, 0) is 35.0 Å². The zero-order valence-electron chi connectivity index (χ0n) is 11.9. The molecule has 0 bridgehead atoms. The van der Waals surface area contributed by atoms with Crippen LogP contribution in [-0.4, -0.2) is 11.1 Å². The van der Waals surface area contributed by atoms with Crippen LogP contribution in [0.15, 0.2) is 65.2 Å². The Balaban J connectivity index is 1.69. The van der Waals surface area contributed by atoms with Crippen molar-refractivity contribution in [1.82, 2.24) is 5.16 Å². The second-order valence-corrected chi connectivity index (χ2v) is 5.16. The molecule has 0 saturated heterocycles. The molecule has 4 aromatic rings. The molecule has 4 nitrogen and oxygen atoms in total. The van der Waals surface area contributed by atoms with Gasteiger partial charge in [0.15, 0.2) is 11.6 Å². The molecule has 4 rings (SSSR count). The van der Waals surface area contributed by atoms with Crippen molar-refractivity contribution >= 4 is 33.5 Å². The lowest BCUT2D eigenvalue weighted by Gasteiger charge is -2.04. The summed E-state index contributed by atoms with van der Waals surface area (Å²) >= 11 is 0. The molecule has 0 atom stereocenters. The van der Waals surface area contributed by atoms with Gasteiger partial charge in [0.2, 0.25) is 5.58 Å². The van der Waals surface area contributed by atoms with E-state index in [9.17, 15) is 9.18 Å². The molecular weight excluding hydrogens is 295 g/mol. The van der Waals surface area contributed by atoms with Gasteiger partial charge in [-0.3, -0.25) is 4.79 Å². The quantitative estimate of drug-likeness (QED) is 0.598. The van der Waals surface area contributed by atoms with Crippen LogP contribution in [0.25, 0.3) is 21.7 Å². The van der Waals surface area contributed by atoms with Crippen molar-refractivity contribution in [3.05, 3.63) is 72.0 Å². The summed E-state index contributed by atoms with van der Waals surface area (Å²) < 4.78 is 18.5. The summed E-state index contributed by atoms with van der Waals surface area (Å²) in [7, 11) is 0. The van der Waals surface area contributed by atoms with Crippen LogP contribution in [0.3, 0.4) is 0 Å². The molecule has 0 spiro atoms. The van der Waals surface area contributed by atoms with Crippen LogP contribution in [0, 0.1) is 5.82 Å². The Hall–Kier alpha value is -3.21. The topological polar surface area (TPSA) is 55.1 Å². The summed E-state index contributed by atoms with van der Waals surface area (Å²) in [5.41, 5.74) is 0.526. The number of hydrogen-bond acceptors (Lipinski definition) is 3. The number of para-hydroxylation sites is 1. The number of nitrogens with zero attached hydrogens (tertiary/aromatic N) is 1. The second-order valence-electron chi connectivity index (χ2n) is 5.16. The minimum atomic E-state index is -0.513. The van der Waals surface area contributed by atoms with E-state index in [0.29, 0.717) is 10.9 Å². The third kappa shape index (κ3) is 2.32. The molecule has 0 radical (unpaired) electrons. The Morgan fingerprint density at radius 1 is 1.00 bits per heavy atom. The van der Waals surface area contributed by atoms with Gasteiger partial charge in [0.25, 0.3) is 5.91 Å². The number of fused-ring (bicyclic) bond motifs is 2. The van der Waals surface area contributed by atoms with Gasteiger partial charge in [0.05, 0.1) is 5.39 Å². The molecule has 0 aliphatic heterocycles. The standard InChI is InChI=1S/C18H11FN2O2/c19-15-7-3-6-14-16(15)23-21-17(14)20-18(22)13-9-8-11-4-1-2-5-12(11)10-13/h1-10H,(H,20,21,22). The molecule has 1 heterocycles. The van der Waals surface area contributed by atoms with Crippen molar-refractivity contribution in [3.8, 4) is 0 Å². The van der Waals surface area contributed by atoms with Gasteiger partial charge >= 0.3 is 0 Å². The largest absolute Gasteiger partial charge is 0.351 e. The van der Waals surface area contributed by atoms with E-state index in [0.717, 1.165) is 10.8 Å². The van der Waals surface area contributed by atoms with Crippen molar-refractivity contribution in [2.45, 2.75) is 0 Å². The fourth-order valence-corrected chi connectivity index (χ4v) is 2.53. The first-order valence-electron chi connectivity index (χ1n) is 7.06. The number of carbonyl (C=O) groups is 1. The van der Waals surface area contributed by atoms with Gasteiger partial charge in [-0.2, -0.15) is 0 Å². The Morgan fingerprint density at radius 2 is 1.83 bits per heavy atom. The van der Waals surface area contributed by atoms with E-state index in [-0.39, 0.29) is 17.3 Å². The van der Waals surface area contributed by atoms with Gasteiger partial charge in [-0.25, -0.2) is 4.39 Å². The predicted octanol–water partition coefficient (Wildman–Crippen LogP) is 4.37. The summed E-state index contributed by atoms with van der Waals surface area (Å²) in [6.07, 6.45) is 0. The number of hydrogen-bond donors (Lipinski definition) is 1. The Kier molecular flexibility index (Phi) is 3.05. The van der Waals surface area contributed by atoms with E-state index >= 15 is 0 Å². The number of benzene rings is 3. The number of anilines is 1. The van der Waals surface area contributed by atoms with Crippen molar-refractivity contribution in [1.29, 1.82) is 0 Å². The van der Waals surface area contributed by atoms with E-state index in [2.05, 4.69) is 10.5 Å². The maximum atomic E-state index is 13.6. The molecule has 1 aromatic heterocycles. The summed E-state index contributed by atoms with van der Waals surface area (Å²) in [6, 6.07) is 17.7. The van der Waals surface area contributed by atoms with Crippen molar-refractivity contribution < 1.29 is 13.7 Å². The minimum absolute atomic E-state index is 0.0290. The average Bonchev–Trinajstić information content (AvgIpc) is 2.99. The van der Waals surface area contributed by atoms with Crippen LogP contribution in [0.1, 0.15) is 10.4 Å². The van der Waals surface area contributed by atoms with Crippen LogP contribution in [0.2, 0.25) is 0 Å². The Bertz CT molecular complexity index is 1040. The van der Waals surface area contributed by atoms with Crippen molar-refractivity contribution in [2.75, 3.05) is 5.32 Å². The highest BCUT2D eigenvalue weighted by molar-refractivity contribution is 6.09. The number of rotatable bonds is 2.